The maximum atomic E-state index is 11.8. The van der Waals surface area contributed by atoms with E-state index in [4.69, 9.17) is 14.2 Å². The van der Waals surface area contributed by atoms with Crippen LogP contribution in [0.2, 0.25) is 0 Å². The van der Waals surface area contributed by atoms with Gasteiger partial charge in [-0.05, 0) is 36.8 Å². The molecule has 21 heavy (non-hydrogen) atoms. The van der Waals surface area contributed by atoms with Gasteiger partial charge in [-0.2, -0.15) is 0 Å². The maximum Gasteiger partial charge on any atom is 0.409 e. The summed E-state index contributed by atoms with van der Waals surface area (Å²) in [6.07, 6.45) is 1.97. The van der Waals surface area contributed by atoms with E-state index in [0.717, 1.165) is 19.3 Å². The molecule has 3 rings (SSSR count). The molecule has 1 atom stereocenters. The van der Waals surface area contributed by atoms with Crippen molar-refractivity contribution < 1.29 is 19.0 Å². The van der Waals surface area contributed by atoms with E-state index in [1.165, 1.54) is 10.4 Å². The van der Waals surface area contributed by atoms with Gasteiger partial charge in [0.2, 0.25) is 0 Å². The summed E-state index contributed by atoms with van der Waals surface area (Å²) < 4.78 is 16.8. The molecule has 0 saturated carbocycles. The lowest BCUT2D eigenvalue weighted by Gasteiger charge is -2.45. The van der Waals surface area contributed by atoms with Crippen LogP contribution in [-0.2, 0) is 26.2 Å². The van der Waals surface area contributed by atoms with Gasteiger partial charge in [0.1, 0.15) is 5.60 Å². The summed E-state index contributed by atoms with van der Waals surface area (Å²) in [7, 11) is 1.69. The van der Waals surface area contributed by atoms with Gasteiger partial charge in [-0.25, -0.2) is 4.79 Å². The largest absolute Gasteiger partial charge is 0.450 e. The molecule has 1 fully saturated rings. The number of methoxy groups -OCH3 is 1. The topological polar surface area (TPSA) is 48.0 Å². The quantitative estimate of drug-likeness (QED) is 0.842. The first kappa shape index (κ1) is 14.8. The summed E-state index contributed by atoms with van der Waals surface area (Å²) >= 11 is 1.76. The third kappa shape index (κ3) is 2.67. The Kier molecular flexibility index (Phi) is 4.19. The molecule has 0 bridgehead atoms. The second kappa shape index (κ2) is 5.94. The summed E-state index contributed by atoms with van der Waals surface area (Å²) in [5.74, 6) is 0. The average molecular weight is 311 g/mol. The number of carbonyl (C=O) groups excluding carboxylic acids is 1. The lowest BCUT2D eigenvalue weighted by atomic mass is 9.82. The Hall–Kier alpha value is -1.11. The smallest absolute Gasteiger partial charge is 0.409 e. The molecule has 1 aromatic rings. The molecule has 1 aromatic heterocycles. The number of likely N-dealkylation sites (tertiary alicyclic amines) is 1. The van der Waals surface area contributed by atoms with Gasteiger partial charge >= 0.3 is 6.09 Å². The summed E-state index contributed by atoms with van der Waals surface area (Å²) in [5, 5.41) is 2.12. The van der Waals surface area contributed by atoms with Crippen molar-refractivity contribution in [1.29, 1.82) is 0 Å². The average Bonchev–Trinajstić information content (AvgIpc) is 2.97. The van der Waals surface area contributed by atoms with Crippen LogP contribution in [0.15, 0.2) is 11.4 Å². The monoisotopic (exact) mass is 311 g/mol. The highest BCUT2D eigenvalue weighted by atomic mass is 32.1. The van der Waals surface area contributed by atoms with Gasteiger partial charge < -0.3 is 19.1 Å². The first-order valence-electron chi connectivity index (χ1n) is 7.37. The molecule has 0 radical (unpaired) electrons. The molecule has 1 unspecified atom stereocenters. The number of nitrogens with zero attached hydrogens (tertiary/aromatic N) is 1. The van der Waals surface area contributed by atoms with Crippen LogP contribution < -0.4 is 0 Å². The normalized spacial score (nSPS) is 23.9. The molecule has 0 N–H and O–H groups in total. The Bertz CT molecular complexity index is 508. The van der Waals surface area contributed by atoms with Crippen molar-refractivity contribution in [3.63, 3.8) is 0 Å². The first-order chi connectivity index (χ1) is 10.2. The van der Waals surface area contributed by atoms with Gasteiger partial charge in [0.25, 0.3) is 0 Å². The predicted molar refractivity (Wildman–Crippen MR) is 79.4 cm³/mol. The standard InChI is InChI=1S/C15H21NO4S/c1-3-19-14(17)16-7-5-15(6-8-16)11-4-9-21-12(11)10-13(18-2)20-15/h4,9,13H,3,5-8,10H2,1-2H3. The van der Waals surface area contributed by atoms with Crippen LogP contribution in [0.5, 0.6) is 0 Å². The molecule has 3 heterocycles. The number of amides is 1. The zero-order chi connectivity index (χ0) is 14.9. The summed E-state index contributed by atoms with van der Waals surface area (Å²) in [6.45, 7) is 3.56. The second-order valence-electron chi connectivity index (χ2n) is 5.42. The van der Waals surface area contributed by atoms with E-state index in [-0.39, 0.29) is 18.0 Å². The van der Waals surface area contributed by atoms with Crippen molar-refractivity contribution in [2.75, 3.05) is 26.8 Å². The Labute approximate surface area is 128 Å². The zero-order valence-corrected chi connectivity index (χ0v) is 13.3. The minimum absolute atomic E-state index is 0.190. The highest BCUT2D eigenvalue weighted by molar-refractivity contribution is 7.10. The highest BCUT2D eigenvalue weighted by Gasteiger charge is 2.45. The van der Waals surface area contributed by atoms with E-state index >= 15 is 0 Å². The van der Waals surface area contributed by atoms with Crippen LogP contribution in [0.4, 0.5) is 4.79 Å². The lowest BCUT2D eigenvalue weighted by molar-refractivity contribution is -0.225. The van der Waals surface area contributed by atoms with Gasteiger partial charge in [0.05, 0.1) is 6.61 Å². The molecular formula is C15H21NO4S. The van der Waals surface area contributed by atoms with Gasteiger partial charge in [0.15, 0.2) is 6.29 Å². The van der Waals surface area contributed by atoms with Crippen molar-refractivity contribution in [3.8, 4) is 0 Å². The zero-order valence-electron chi connectivity index (χ0n) is 12.5. The van der Waals surface area contributed by atoms with E-state index < -0.39 is 0 Å². The molecule has 1 saturated heterocycles. The van der Waals surface area contributed by atoms with E-state index in [1.54, 1.807) is 23.3 Å². The van der Waals surface area contributed by atoms with Crippen LogP contribution >= 0.6 is 11.3 Å². The lowest BCUT2D eigenvalue weighted by Crippen LogP contribution is -2.50. The molecular weight excluding hydrogens is 290 g/mol. The minimum Gasteiger partial charge on any atom is -0.450 e. The van der Waals surface area contributed by atoms with Crippen molar-refractivity contribution in [2.45, 2.75) is 38.1 Å². The van der Waals surface area contributed by atoms with Gasteiger partial charge in [0, 0.05) is 31.5 Å². The van der Waals surface area contributed by atoms with Crippen LogP contribution in [0.25, 0.3) is 0 Å². The number of piperidine rings is 1. The molecule has 116 valence electrons. The van der Waals surface area contributed by atoms with Crippen molar-refractivity contribution in [2.24, 2.45) is 0 Å². The van der Waals surface area contributed by atoms with E-state index in [0.29, 0.717) is 19.7 Å². The fourth-order valence-electron chi connectivity index (χ4n) is 3.20. The third-order valence-corrected chi connectivity index (χ3v) is 5.25. The summed E-state index contributed by atoms with van der Waals surface area (Å²) in [6, 6.07) is 2.16. The maximum absolute atomic E-state index is 11.8. The molecule has 5 nitrogen and oxygen atoms in total. The molecule has 6 heteroatoms. The number of thiophene rings is 1. The number of rotatable bonds is 2. The minimum atomic E-state index is -0.308. The van der Waals surface area contributed by atoms with Crippen molar-refractivity contribution in [1.82, 2.24) is 4.90 Å². The van der Waals surface area contributed by atoms with Crippen LogP contribution in [-0.4, -0.2) is 44.1 Å². The number of fused-ring (bicyclic) bond motifs is 2. The van der Waals surface area contributed by atoms with Crippen molar-refractivity contribution in [3.05, 3.63) is 21.9 Å². The van der Waals surface area contributed by atoms with Crippen LogP contribution in [0.1, 0.15) is 30.2 Å². The SMILES string of the molecule is CCOC(=O)N1CCC2(CC1)OC(OC)Cc1sccc12. The number of hydrogen-bond acceptors (Lipinski definition) is 5. The molecule has 1 amide bonds. The third-order valence-electron chi connectivity index (χ3n) is 4.31. The Morgan fingerprint density at radius 3 is 2.95 bits per heavy atom. The van der Waals surface area contributed by atoms with Gasteiger partial charge in [-0.3, -0.25) is 0 Å². The van der Waals surface area contributed by atoms with E-state index in [1.807, 2.05) is 6.92 Å². The van der Waals surface area contributed by atoms with Crippen molar-refractivity contribution >= 4 is 17.4 Å². The Balaban J connectivity index is 1.76. The molecule has 1 spiro atoms. The molecule has 2 aliphatic rings. The molecule has 0 aromatic carbocycles. The van der Waals surface area contributed by atoms with Gasteiger partial charge in [-0.1, -0.05) is 0 Å². The fraction of sp³-hybridized carbons (Fsp3) is 0.667. The fourth-order valence-corrected chi connectivity index (χ4v) is 4.18. The van der Waals surface area contributed by atoms with Crippen LogP contribution in [0.3, 0.4) is 0 Å². The Morgan fingerprint density at radius 2 is 2.29 bits per heavy atom. The predicted octanol–water partition coefficient (Wildman–Crippen LogP) is 2.74. The first-order valence-corrected chi connectivity index (χ1v) is 8.25. The Morgan fingerprint density at radius 1 is 1.52 bits per heavy atom. The summed E-state index contributed by atoms with van der Waals surface area (Å²) in [4.78, 5) is 14.9. The highest BCUT2D eigenvalue weighted by Crippen LogP contribution is 2.45. The second-order valence-corrected chi connectivity index (χ2v) is 6.43. The number of carbonyl (C=O) groups is 1. The number of hydrogen-bond donors (Lipinski definition) is 0. The number of ether oxygens (including phenoxy) is 3. The molecule has 0 aliphatic carbocycles. The van der Waals surface area contributed by atoms with E-state index in [9.17, 15) is 4.79 Å². The summed E-state index contributed by atoms with van der Waals surface area (Å²) in [5.41, 5.74) is 0.973. The molecule has 2 aliphatic heterocycles. The van der Waals surface area contributed by atoms with E-state index in [2.05, 4.69) is 11.4 Å². The van der Waals surface area contributed by atoms with Crippen LogP contribution in [0, 0.1) is 0 Å². The van der Waals surface area contributed by atoms with Gasteiger partial charge in [-0.15, -0.1) is 11.3 Å².